The van der Waals surface area contributed by atoms with E-state index in [1.165, 1.54) is 6.07 Å². The molecule has 0 aliphatic carbocycles. The van der Waals surface area contributed by atoms with E-state index in [4.69, 9.17) is 9.47 Å². The van der Waals surface area contributed by atoms with Gasteiger partial charge in [-0.3, -0.25) is 4.72 Å². The highest BCUT2D eigenvalue weighted by Crippen LogP contribution is 2.30. The Morgan fingerprint density at radius 3 is 2.26 bits per heavy atom. The molecule has 0 bridgehead atoms. The van der Waals surface area contributed by atoms with Crippen molar-refractivity contribution in [2.45, 2.75) is 24.8 Å². The number of anilines is 2. The van der Waals surface area contributed by atoms with Crippen molar-refractivity contribution in [3.05, 3.63) is 48.0 Å². The van der Waals surface area contributed by atoms with Gasteiger partial charge in [0.1, 0.15) is 10.6 Å². The first-order chi connectivity index (χ1) is 14.7. The SMILES string of the molecule is COc1ccc(NS(=O)(=O)c2cc(C(=O)OC(C)C)ccc2N2CCN(C)CC2)cc1. The van der Waals surface area contributed by atoms with Crippen molar-refractivity contribution in [3.8, 4) is 5.75 Å². The van der Waals surface area contributed by atoms with Crippen LogP contribution in [0.2, 0.25) is 0 Å². The lowest BCUT2D eigenvalue weighted by molar-refractivity contribution is 0.0377. The van der Waals surface area contributed by atoms with Gasteiger partial charge in [-0.1, -0.05) is 0 Å². The number of esters is 1. The number of piperazine rings is 1. The normalized spacial score (nSPS) is 15.1. The minimum Gasteiger partial charge on any atom is -0.497 e. The van der Waals surface area contributed by atoms with Gasteiger partial charge in [0.05, 0.1) is 24.5 Å². The maximum absolute atomic E-state index is 13.3. The Hall–Kier alpha value is -2.78. The number of nitrogens with zero attached hydrogens (tertiary/aromatic N) is 2. The van der Waals surface area contributed by atoms with Crippen molar-refractivity contribution >= 4 is 27.4 Å². The number of benzene rings is 2. The Labute approximate surface area is 183 Å². The number of likely N-dealkylation sites (N-methyl/N-ethyl adjacent to an activating group) is 1. The molecule has 1 heterocycles. The molecule has 0 aromatic heterocycles. The van der Waals surface area contributed by atoms with Gasteiger partial charge in [0.15, 0.2) is 0 Å². The van der Waals surface area contributed by atoms with Gasteiger partial charge < -0.3 is 19.3 Å². The first-order valence-corrected chi connectivity index (χ1v) is 11.6. The molecule has 1 N–H and O–H groups in total. The second-order valence-electron chi connectivity index (χ2n) is 7.76. The van der Waals surface area contributed by atoms with E-state index in [9.17, 15) is 13.2 Å². The van der Waals surface area contributed by atoms with Crippen LogP contribution in [0.5, 0.6) is 5.75 Å². The molecule has 9 heteroatoms. The molecule has 1 saturated heterocycles. The predicted molar refractivity (Wildman–Crippen MR) is 121 cm³/mol. The Kier molecular flexibility index (Phi) is 7.07. The molecule has 0 atom stereocenters. The van der Waals surface area contributed by atoms with Crippen LogP contribution in [0.4, 0.5) is 11.4 Å². The van der Waals surface area contributed by atoms with Crippen LogP contribution in [0.1, 0.15) is 24.2 Å². The second kappa shape index (κ2) is 9.57. The number of hydrogen-bond donors (Lipinski definition) is 1. The molecule has 8 nitrogen and oxygen atoms in total. The third-order valence-electron chi connectivity index (χ3n) is 5.01. The van der Waals surface area contributed by atoms with E-state index in [0.717, 1.165) is 13.1 Å². The molecule has 0 saturated carbocycles. The van der Waals surface area contributed by atoms with Crippen molar-refractivity contribution in [1.29, 1.82) is 0 Å². The molecule has 1 aliphatic heterocycles. The predicted octanol–water partition coefficient (Wildman–Crippen LogP) is 2.81. The summed E-state index contributed by atoms with van der Waals surface area (Å²) in [7, 11) is -0.387. The molecule has 168 valence electrons. The molecule has 0 unspecified atom stereocenters. The highest BCUT2D eigenvalue weighted by molar-refractivity contribution is 7.92. The third-order valence-corrected chi connectivity index (χ3v) is 6.42. The van der Waals surface area contributed by atoms with E-state index in [0.29, 0.717) is 30.2 Å². The Morgan fingerprint density at radius 2 is 1.68 bits per heavy atom. The van der Waals surface area contributed by atoms with Gasteiger partial charge in [-0.15, -0.1) is 0 Å². The Morgan fingerprint density at radius 1 is 1.03 bits per heavy atom. The lowest BCUT2D eigenvalue weighted by Gasteiger charge is -2.35. The van der Waals surface area contributed by atoms with Gasteiger partial charge in [0.25, 0.3) is 10.0 Å². The van der Waals surface area contributed by atoms with Crippen LogP contribution in [0.25, 0.3) is 0 Å². The number of nitrogens with one attached hydrogen (secondary N) is 1. The standard InChI is InChI=1S/C22H29N3O5S/c1-16(2)30-22(26)17-5-10-20(25-13-11-24(3)12-14-25)21(15-17)31(27,28)23-18-6-8-19(29-4)9-7-18/h5-10,15-16,23H,11-14H2,1-4H3. The van der Waals surface area contributed by atoms with Crippen molar-refractivity contribution < 1.29 is 22.7 Å². The summed E-state index contributed by atoms with van der Waals surface area (Å²) in [6.45, 7) is 6.53. The topological polar surface area (TPSA) is 88.2 Å². The van der Waals surface area contributed by atoms with Crippen molar-refractivity contribution in [1.82, 2.24) is 4.90 Å². The number of sulfonamides is 1. The van der Waals surface area contributed by atoms with E-state index >= 15 is 0 Å². The zero-order chi connectivity index (χ0) is 22.6. The summed E-state index contributed by atoms with van der Waals surface area (Å²) in [5.41, 5.74) is 1.16. The van der Waals surface area contributed by atoms with Crippen LogP contribution >= 0.6 is 0 Å². The largest absolute Gasteiger partial charge is 0.497 e. The average molecular weight is 448 g/mol. The first kappa shape index (κ1) is 22.9. The fraction of sp³-hybridized carbons (Fsp3) is 0.409. The highest BCUT2D eigenvalue weighted by atomic mass is 32.2. The number of rotatable bonds is 7. The zero-order valence-electron chi connectivity index (χ0n) is 18.3. The molecular weight excluding hydrogens is 418 g/mol. The summed E-state index contributed by atoms with van der Waals surface area (Å²) < 4.78 is 39.7. The van der Waals surface area contributed by atoms with Crippen LogP contribution in [0, 0.1) is 0 Å². The fourth-order valence-electron chi connectivity index (χ4n) is 3.32. The molecule has 2 aromatic carbocycles. The van der Waals surface area contributed by atoms with E-state index in [2.05, 4.69) is 9.62 Å². The minimum absolute atomic E-state index is 0.0473. The summed E-state index contributed by atoms with van der Waals surface area (Å²) in [5, 5.41) is 0. The summed E-state index contributed by atoms with van der Waals surface area (Å²) >= 11 is 0. The van der Waals surface area contributed by atoms with Gasteiger partial charge >= 0.3 is 5.97 Å². The molecular formula is C22H29N3O5S. The van der Waals surface area contributed by atoms with Crippen molar-refractivity contribution in [2.75, 3.05) is 50.0 Å². The smallest absolute Gasteiger partial charge is 0.338 e. The average Bonchev–Trinajstić information content (AvgIpc) is 2.74. The summed E-state index contributed by atoms with van der Waals surface area (Å²) in [5.74, 6) is 0.0697. The highest BCUT2D eigenvalue weighted by Gasteiger charge is 2.26. The Balaban J connectivity index is 1.99. The van der Waals surface area contributed by atoms with Gasteiger partial charge in [-0.05, 0) is 63.4 Å². The minimum atomic E-state index is -3.96. The van der Waals surface area contributed by atoms with Gasteiger partial charge in [-0.2, -0.15) is 0 Å². The second-order valence-corrected chi connectivity index (χ2v) is 9.41. The number of methoxy groups -OCH3 is 1. The fourth-order valence-corrected chi connectivity index (χ4v) is 4.63. The Bertz CT molecular complexity index is 1010. The number of carbonyl (C=O) groups excluding carboxylic acids is 1. The van der Waals surface area contributed by atoms with E-state index in [-0.39, 0.29) is 16.6 Å². The molecule has 0 spiro atoms. The maximum atomic E-state index is 13.3. The third kappa shape index (κ3) is 5.68. The van der Waals surface area contributed by atoms with Crippen LogP contribution in [-0.4, -0.2) is 65.7 Å². The maximum Gasteiger partial charge on any atom is 0.338 e. The molecule has 0 amide bonds. The number of ether oxygens (including phenoxy) is 2. The number of hydrogen-bond acceptors (Lipinski definition) is 7. The quantitative estimate of drug-likeness (QED) is 0.653. The first-order valence-electron chi connectivity index (χ1n) is 10.1. The van der Waals surface area contributed by atoms with Gasteiger partial charge in [0.2, 0.25) is 0 Å². The molecule has 0 radical (unpaired) electrons. The van der Waals surface area contributed by atoms with Gasteiger partial charge in [-0.25, -0.2) is 13.2 Å². The lowest BCUT2D eigenvalue weighted by atomic mass is 10.1. The monoisotopic (exact) mass is 447 g/mol. The van der Waals surface area contributed by atoms with Gasteiger partial charge in [0, 0.05) is 31.9 Å². The van der Waals surface area contributed by atoms with Crippen LogP contribution < -0.4 is 14.4 Å². The van der Waals surface area contributed by atoms with Crippen molar-refractivity contribution in [3.63, 3.8) is 0 Å². The van der Waals surface area contributed by atoms with E-state index in [1.807, 2.05) is 11.9 Å². The molecule has 3 rings (SSSR count). The zero-order valence-corrected chi connectivity index (χ0v) is 19.1. The molecule has 31 heavy (non-hydrogen) atoms. The van der Waals surface area contributed by atoms with Crippen LogP contribution in [0.15, 0.2) is 47.4 Å². The summed E-state index contributed by atoms with van der Waals surface area (Å²) in [6.07, 6.45) is -0.303. The number of carbonyl (C=O) groups is 1. The molecule has 1 aliphatic rings. The van der Waals surface area contributed by atoms with Crippen LogP contribution in [0.3, 0.4) is 0 Å². The molecule has 1 fully saturated rings. The molecule has 2 aromatic rings. The van der Waals surface area contributed by atoms with E-state index < -0.39 is 16.0 Å². The lowest BCUT2D eigenvalue weighted by Crippen LogP contribution is -2.45. The van der Waals surface area contributed by atoms with Crippen LogP contribution in [-0.2, 0) is 14.8 Å². The van der Waals surface area contributed by atoms with Crippen molar-refractivity contribution in [2.24, 2.45) is 0 Å². The van der Waals surface area contributed by atoms with E-state index in [1.54, 1.807) is 57.4 Å². The summed E-state index contributed by atoms with van der Waals surface area (Å²) in [6, 6.07) is 11.3. The summed E-state index contributed by atoms with van der Waals surface area (Å²) in [4.78, 5) is 16.7.